The molecular weight excluding hydrogens is 400 g/mol. The molecule has 3 aromatic rings. The van der Waals surface area contributed by atoms with Gasteiger partial charge in [-0.3, -0.25) is 14.8 Å². The molecule has 32 heavy (non-hydrogen) atoms. The van der Waals surface area contributed by atoms with Crippen molar-refractivity contribution >= 4 is 11.8 Å². The predicted molar refractivity (Wildman–Crippen MR) is 124 cm³/mol. The number of cyclic esters (lactones) is 1. The van der Waals surface area contributed by atoms with Crippen molar-refractivity contribution in [2.24, 2.45) is 0 Å². The molecule has 2 aromatic carbocycles. The lowest BCUT2D eigenvalue weighted by Crippen LogP contribution is -2.46. The van der Waals surface area contributed by atoms with Crippen LogP contribution in [0.3, 0.4) is 0 Å². The number of carbonyl (C=O) groups excluding carboxylic acids is 1. The summed E-state index contributed by atoms with van der Waals surface area (Å²) in [7, 11) is 0. The van der Waals surface area contributed by atoms with Gasteiger partial charge in [0.25, 0.3) is 0 Å². The van der Waals surface area contributed by atoms with Crippen LogP contribution in [0.4, 0.5) is 10.5 Å². The zero-order chi connectivity index (χ0) is 21.8. The van der Waals surface area contributed by atoms with Crippen molar-refractivity contribution in [1.82, 2.24) is 14.8 Å². The van der Waals surface area contributed by atoms with Crippen molar-refractivity contribution in [2.75, 3.05) is 37.6 Å². The van der Waals surface area contributed by atoms with Crippen molar-refractivity contribution in [3.8, 4) is 0 Å². The van der Waals surface area contributed by atoms with Gasteiger partial charge < -0.3 is 9.64 Å². The van der Waals surface area contributed by atoms with Gasteiger partial charge in [0, 0.05) is 51.2 Å². The van der Waals surface area contributed by atoms with Crippen LogP contribution in [-0.4, -0.2) is 53.6 Å². The normalized spacial score (nSPS) is 19.2. The molecule has 2 aliphatic rings. The topological polar surface area (TPSA) is 48.9 Å². The first-order valence-corrected chi connectivity index (χ1v) is 11.2. The van der Waals surface area contributed by atoms with E-state index in [1.54, 1.807) is 4.90 Å². The third-order valence-corrected chi connectivity index (χ3v) is 6.19. The van der Waals surface area contributed by atoms with Gasteiger partial charge in [-0.15, -0.1) is 0 Å². The van der Waals surface area contributed by atoms with Gasteiger partial charge in [0.05, 0.1) is 12.2 Å². The number of hydrogen-bond donors (Lipinski definition) is 0. The summed E-state index contributed by atoms with van der Waals surface area (Å²) in [5, 5.41) is 0. The van der Waals surface area contributed by atoms with Gasteiger partial charge in [-0.05, 0) is 35.4 Å². The number of pyridine rings is 1. The number of aromatic nitrogens is 1. The standard InChI is InChI=1S/C26H28N4O2/c31-26-30(20-25(32-26)22-8-2-1-3-9-22)18-21-7-6-11-24(17-21)29-15-13-28(14-16-29)19-23-10-4-5-12-27-23/h1-12,17,25H,13-16,18-20H2/t25-/m0/s1. The van der Waals surface area contributed by atoms with Gasteiger partial charge in [0.2, 0.25) is 0 Å². The highest BCUT2D eigenvalue weighted by molar-refractivity contribution is 5.70. The molecule has 1 amide bonds. The molecule has 1 atom stereocenters. The Morgan fingerprint density at radius 2 is 1.69 bits per heavy atom. The lowest BCUT2D eigenvalue weighted by molar-refractivity contribution is 0.132. The van der Waals surface area contributed by atoms with Crippen LogP contribution in [0.2, 0.25) is 0 Å². The first kappa shape index (κ1) is 20.5. The van der Waals surface area contributed by atoms with E-state index in [2.05, 4.69) is 45.1 Å². The fraction of sp³-hybridized carbons (Fsp3) is 0.308. The van der Waals surface area contributed by atoms with Crippen LogP contribution in [0.5, 0.6) is 0 Å². The van der Waals surface area contributed by atoms with E-state index < -0.39 is 0 Å². The highest BCUT2D eigenvalue weighted by atomic mass is 16.6. The van der Waals surface area contributed by atoms with Crippen LogP contribution in [0.15, 0.2) is 79.0 Å². The zero-order valence-corrected chi connectivity index (χ0v) is 18.1. The van der Waals surface area contributed by atoms with E-state index in [0.29, 0.717) is 13.1 Å². The van der Waals surface area contributed by atoms with Crippen molar-refractivity contribution in [3.63, 3.8) is 0 Å². The van der Waals surface area contributed by atoms with Crippen LogP contribution in [0.1, 0.15) is 22.9 Å². The van der Waals surface area contributed by atoms with Crippen LogP contribution < -0.4 is 4.90 Å². The Balaban J connectivity index is 1.18. The fourth-order valence-corrected chi connectivity index (χ4v) is 4.44. The lowest BCUT2D eigenvalue weighted by Gasteiger charge is -2.36. The molecule has 0 saturated carbocycles. The Morgan fingerprint density at radius 3 is 2.47 bits per heavy atom. The molecule has 5 rings (SSSR count). The third-order valence-electron chi connectivity index (χ3n) is 6.19. The molecule has 0 radical (unpaired) electrons. The van der Waals surface area contributed by atoms with E-state index in [4.69, 9.17) is 4.74 Å². The van der Waals surface area contributed by atoms with E-state index in [9.17, 15) is 4.79 Å². The van der Waals surface area contributed by atoms with E-state index in [1.165, 1.54) is 5.69 Å². The number of amides is 1. The average Bonchev–Trinajstić information content (AvgIpc) is 3.21. The Labute approximate surface area is 189 Å². The minimum absolute atomic E-state index is 0.195. The molecule has 0 bridgehead atoms. The highest BCUT2D eigenvalue weighted by Gasteiger charge is 2.32. The monoisotopic (exact) mass is 428 g/mol. The smallest absolute Gasteiger partial charge is 0.410 e. The Kier molecular flexibility index (Phi) is 6.03. The predicted octanol–water partition coefficient (Wildman–Crippen LogP) is 4.10. The van der Waals surface area contributed by atoms with Gasteiger partial charge in [-0.1, -0.05) is 48.5 Å². The second-order valence-corrected chi connectivity index (χ2v) is 8.42. The van der Waals surface area contributed by atoms with Gasteiger partial charge in [0.1, 0.15) is 6.10 Å². The van der Waals surface area contributed by atoms with Crippen LogP contribution in [0.25, 0.3) is 0 Å². The first-order chi connectivity index (χ1) is 15.7. The maximum absolute atomic E-state index is 12.4. The van der Waals surface area contributed by atoms with E-state index >= 15 is 0 Å². The van der Waals surface area contributed by atoms with Crippen molar-refractivity contribution < 1.29 is 9.53 Å². The number of hydrogen-bond acceptors (Lipinski definition) is 5. The van der Waals surface area contributed by atoms with Crippen molar-refractivity contribution in [2.45, 2.75) is 19.2 Å². The highest BCUT2D eigenvalue weighted by Crippen LogP contribution is 2.28. The summed E-state index contributed by atoms with van der Waals surface area (Å²) in [6.07, 6.45) is 1.42. The summed E-state index contributed by atoms with van der Waals surface area (Å²) in [4.78, 5) is 23.5. The summed E-state index contributed by atoms with van der Waals surface area (Å²) in [5.41, 5.74) is 4.51. The van der Waals surface area contributed by atoms with Gasteiger partial charge >= 0.3 is 6.09 Å². The molecular formula is C26H28N4O2. The van der Waals surface area contributed by atoms with E-state index in [0.717, 1.165) is 49.5 Å². The van der Waals surface area contributed by atoms with Gasteiger partial charge in [0.15, 0.2) is 0 Å². The number of nitrogens with zero attached hydrogens (tertiary/aromatic N) is 4. The number of anilines is 1. The number of benzene rings is 2. The Morgan fingerprint density at radius 1 is 0.875 bits per heavy atom. The molecule has 2 saturated heterocycles. The number of rotatable bonds is 6. The maximum atomic E-state index is 12.4. The molecule has 0 aliphatic carbocycles. The van der Waals surface area contributed by atoms with Crippen molar-refractivity contribution in [1.29, 1.82) is 0 Å². The summed E-state index contributed by atoms with van der Waals surface area (Å²) in [6, 6.07) is 24.6. The largest absolute Gasteiger partial charge is 0.439 e. The molecule has 0 N–H and O–H groups in total. The van der Waals surface area contributed by atoms with Gasteiger partial charge in [-0.25, -0.2) is 4.79 Å². The molecule has 2 aliphatic heterocycles. The molecule has 0 unspecified atom stereocenters. The molecule has 1 aromatic heterocycles. The zero-order valence-electron chi connectivity index (χ0n) is 18.1. The SMILES string of the molecule is O=C1O[C@H](c2ccccc2)CN1Cc1cccc(N2CCN(Cc3ccccn3)CC2)c1. The molecule has 164 valence electrons. The molecule has 6 heteroatoms. The van der Waals surface area contributed by atoms with Crippen LogP contribution in [-0.2, 0) is 17.8 Å². The third kappa shape index (κ3) is 4.75. The number of piperazine rings is 1. The summed E-state index contributed by atoms with van der Waals surface area (Å²) < 4.78 is 5.61. The molecule has 0 spiro atoms. The Bertz CT molecular complexity index is 1040. The van der Waals surface area contributed by atoms with Crippen molar-refractivity contribution in [3.05, 3.63) is 95.8 Å². The van der Waals surface area contributed by atoms with E-state index in [1.807, 2.05) is 48.7 Å². The minimum Gasteiger partial charge on any atom is -0.439 e. The van der Waals surface area contributed by atoms with E-state index in [-0.39, 0.29) is 12.2 Å². The van der Waals surface area contributed by atoms with Crippen LogP contribution in [0, 0.1) is 0 Å². The van der Waals surface area contributed by atoms with Gasteiger partial charge in [-0.2, -0.15) is 0 Å². The lowest BCUT2D eigenvalue weighted by atomic mass is 10.1. The molecule has 2 fully saturated rings. The molecule has 3 heterocycles. The number of carbonyl (C=O) groups is 1. The number of ether oxygens (including phenoxy) is 1. The second-order valence-electron chi connectivity index (χ2n) is 8.42. The Hall–Kier alpha value is -3.38. The first-order valence-electron chi connectivity index (χ1n) is 11.2. The fourth-order valence-electron chi connectivity index (χ4n) is 4.44. The average molecular weight is 429 g/mol. The minimum atomic E-state index is -0.243. The summed E-state index contributed by atoms with van der Waals surface area (Å²) in [5.74, 6) is 0. The summed E-state index contributed by atoms with van der Waals surface area (Å²) >= 11 is 0. The van der Waals surface area contributed by atoms with Crippen LogP contribution >= 0.6 is 0 Å². The quantitative estimate of drug-likeness (QED) is 0.592. The second kappa shape index (κ2) is 9.40. The molecule has 6 nitrogen and oxygen atoms in total. The maximum Gasteiger partial charge on any atom is 0.410 e. The summed E-state index contributed by atoms with van der Waals surface area (Å²) in [6.45, 7) is 6.04.